The van der Waals surface area contributed by atoms with Crippen molar-refractivity contribution in [2.75, 3.05) is 14.2 Å². The molecule has 1 amide bonds. The maximum absolute atomic E-state index is 13.4. The molecule has 0 spiro atoms. The molecule has 5 aromatic rings. The summed E-state index contributed by atoms with van der Waals surface area (Å²) in [5, 5.41) is 0.724. The van der Waals surface area contributed by atoms with Crippen molar-refractivity contribution in [3.8, 4) is 17.1 Å². The maximum Gasteiger partial charge on any atom is 0.316 e. The van der Waals surface area contributed by atoms with Gasteiger partial charge < -0.3 is 14.2 Å². The topological polar surface area (TPSA) is 90.2 Å². The summed E-state index contributed by atoms with van der Waals surface area (Å²) in [7, 11) is 5.06. The van der Waals surface area contributed by atoms with Crippen LogP contribution in [0.2, 0.25) is 5.02 Å². The van der Waals surface area contributed by atoms with Crippen LogP contribution in [0.3, 0.4) is 0 Å². The van der Waals surface area contributed by atoms with Gasteiger partial charge in [0.15, 0.2) is 5.16 Å². The van der Waals surface area contributed by atoms with Gasteiger partial charge in [-0.25, -0.2) is 18.7 Å². The van der Waals surface area contributed by atoms with E-state index >= 15 is 0 Å². The van der Waals surface area contributed by atoms with Crippen molar-refractivity contribution in [3.05, 3.63) is 135 Å². The summed E-state index contributed by atoms with van der Waals surface area (Å²) in [4.78, 5) is 36.7. The van der Waals surface area contributed by atoms with Gasteiger partial charge in [-0.2, -0.15) is 4.98 Å². The van der Waals surface area contributed by atoms with E-state index in [4.69, 9.17) is 16.3 Å². The Morgan fingerprint density at radius 3 is 2.22 bits per heavy atom. The third kappa shape index (κ3) is 9.69. The van der Waals surface area contributed by atoms with E-state index in [-0.39, 0.29) is 22.4 Å². The quantitative estimate of drug-likeness (QED) is 0.0992. The minimum Gasteiger partial charge on any atom is -0.467 e. The molecule has 0 saturated carbocycles. The summed E-state index contributed by atoms with van der Waals surface area (Å²) >= 11 is 7.08. The first kappa shape index (κ1) is 33.3. The number of thioether (sulfide) groups is 1. The molecule has 8 nitrogen and oxygen atoms in total. The van der Waals surface area contributed by atoms with Crippen molar-refractivity contribution in [3.63, 3.8) is 0 Å². The van der Waals surface area contributed by atoms with Gasteiger partial charge in [-0.3, -0.25) is 9.59 Å². The molecule has 12 heteroatoms. The fourth-order valence-electron chi connectivity index (χ4n) is 4.13. The number of aryl methyl sites for hydroxylation is 1. The lowest BCUT2D eigenvalue weighted by molar-refractivity contribution is -0.117. The average Bonchev–Trinajstić information content (AvgIpc) is 3.05. The van der Waals surface area contributed by atoms with Gasteiger partial charge in [-0.05, 0) is 52.1 Å². The number of halogens is 3. The molecule has 0 aliphatic carbocycles. The number of methoxy groups -OCH3 is 1. The van der Waals surface area contributed by atoms with Crippen molar-refractivity contribution in [1.82, 2.24) is 24.4 Å². The van der Waals surface area contributed by atoms with E-state index in [9.17, 15) is 18.4 Å². The number of carbonyl (C=O) groups is 1. The lowest BCUT2D eigenvalue weighted by Gasteiger charge is -2.11. The zero-order valence-corrected chi connectivity index (χ0v) is 26.4. The molecule has 0 fully saturated rings. The molecule has 5 rings (SSSR count). The smallest absolute Gasteiger partial charge is 0.316 e. The van der Waals surface area contributed by atoms with Gasteiger partial charge in [0, 0.05) is 57.0 Å². The van der Waals surface area contributed by atoms with Crippen LogP contribution >= 0.6 is 23.4 Å². The summed E-state index contributed by atoms with van der Waals surface area (Å²) in [6, 6.07) is 18.9. The lowest BCUT2D eigenvalue weighted by Crippen LogP contribution is -2.18. The van der Waals surface area contributed by atoms with E-state index in [1.807, 2.05) is 35.9 Å². The first-order valence-electron chi connectivity index (χ1n) is 13.6. The van der Waals surface area contributed by atoms with Crippen LogP contribution in [-0.2, 0) is 30.6 Å². The Balaban J connectivity index is 0.000000215. The molecule has 0 unspecified atom stereocenters. The Hall–Kier alpha value is -4.61. The standard InChI is InChI=1S/C18H17FN4O2S.C15H13ClFNO/c1-23-10-14(7-13-8-20-17(25-2)21-9-13)16(24)22-18(23)26-11-12-3-5-15(19)6-4-12;1-18(10-19)9-11-2-4-12(5-3-11)13-6-7-14(16)15(17)8-13/h3-6,8-10H,7,11H2,1-2H3;2-8,10H,9H2,1H3. The molecule has 0 atom stereocenters. The number of nitrogens with zero attached hydrogens (tertiary/aromatic N) is 5. The highest BCUT2D eigenvalue weighted by atomic mass is 35.5. The molecule has 0 radical (unpaired) electrons. The SMILES string of the molecule is CN(C=O)Cc1ccc(-c2ccc(Cl)c(F)c2)cc1.COc1ncc(Cc2cn(C)c(SCc3ccc(F)cc3)nc2=O)cn1. The van der Waals surface area contributed by atoms with Crippen LogP contribution in [0.25, 0.3) is 11.1 Å². The van der Waals surface area contributed by atoms with Gasteiger partial charge in [0.05, 0.1) is 12.1 Å². The van der Waals surface area contributed by atoms with Crippen LogP contribution in [0, 0.1) is 11.6 Å². The molecule has 0 saturated heterocycles. The number of amides is 1. The number of carbonyl (C=O) groups excluding carboxylic acids is 1. The van der Waals surface area contributed by atoms with E-state index in [2.05, 4.69) is 15.0 Å². The molecule has 0 aliphatic heterocycles. The second kappa shape index (κ2) is 15.9. The van der Waals surface area contributed by atoms with Gasteiger partial charge in [0.1, 0.15) is 11.6 Å². The number of aromatic nitrogens is 4. The number of ether oxygens (including phenoxy) is 1. The molecule has 0 N–H and O–H groups in total. The first-order chi connectivity index (χ1) is 21.6. The highest BCUT2D eigenvalue weighted by Crippen LogP contribution is 2.25. The molecular weight excluding hydrogens is 620 g/mol. The second-order valence-electron chi connectivity index (χ2n) is 9.98. The van der Waals surface area contributed by atoms with Crippen LogP contribution in [0.5, 0.6) is 6.01 Å². The normalized spacial score (nSPS) is 10.5. The van der Waals surface area contributed by atoms with E-state index in [1.165, 1.54) is 37.1 Å². The van der Waals surface area contributed by atoms with Gasteiger partial charge in [-0.15, -0.1) is 0 Å². The van der Waals surface area contributed by atoms with Gasteiger partial charge in [-0.1, -0.05) is 65.8 Å². The Bertz CT molecular complexity index is 1790. The summed E-state index contributed by atoms with van der Waals surface area (Å²) in [6.45, 7) is 0.554. The van der Waals surface area contributed by atoms with Crippen molar-refractivity contribution >= 4 is 29.8 Å². The minimum atomic E-state index is -0.427. The van der Waals surface area contributed by atoms with Crippen molar-refractivity contribution < 1.29 is 18.3 Å². The van der Waals surface area contributed by atoms with E-state index < -0.39 is 5.82 Å². The monoisotopic (exact) mass is 649 g/mol. The molecule has 2 heterocycles. The maximum atomic E-state index is 13.4. The first-order valence-corrected chi connectivity index (χ1v) is 15.0. The number of benzene rings is 3. The largest absolute Gasteiger partial charge is 0.467 e. The lowest BCUT2D eigenvalue weighted by atomic mass is 10.0. The Morgan fingerprint density at radius 1 is 0.956 bits per heavy atom. The van der Waals surface area contributed by atoms with Crippen LogP contribution in [0.1, 0.15) is 22.3 Å². The predicted molar refractivity (Wildman–Crippen MR) is 171 cm³/mol. The summed E-state index contributed by atoms with van der Waals surface area (Å²) in [6.07, 6.45) is 6.20. The van der Waals surface area contributed by atoms with Gasteiger partial charge in [0.25, 0.3) is 5.56 Å². The molecule has 2 aromatic heterocycles. The van der Waals surface area contributed by atoms with Crippen LogP contribution < -0.4 is 10.3 Å². The number of hydrogen-bond donors (Lipinski definition) is 0. The van der Waals surface area contributed by atoms with Crippen LogP contribution in [0.15, 0.2) is 95.3 Å². The highest BCUT2D eigenvalue weighted by Gasteiger charge is 2.10. The highest BCUT2D eigenvalue weighted by molar-refractivity contribution is 7.98. The Morgan fingerprint density at radius 2 is 1.60 bits per heavy atom. The molecular formula is C33H30ClF2N5O3S. The fourth-order valence-corrected chi connectivity index (χ4v) is 5.14. The fraction of sp³-hybridized carbons (Fsp3) is 0.182. The van der Waals surface area contributed by atoms with E-state index in [0.717, 1.165) is 34.2 Å². The van der Waals surface area contributed by atoms with Gasteiger partial charge >= 0.3 is 6.01 Å². The molecule has 232 valence electrons. The summed E-state index contributed by atoms with van der Waals surface area (Å²) in [5.41, 5.74) is 4.76. The minimum absolute atomic E-state index is 0.118. The third-order valence-electron chi connectivity index (χ3n) is 6.48. The number of rotatable bonds is 10. The zero-order chi connectivity index (χ0) is 32.3. The molecule has 45 heavy (non-hydrogen) atoms. The van der Waals surface area contributed by atoms with E-state index in [1.54, 1.807) is 54.8 Å². The summed E-state index contributed by atoms with van der Waals surface area (Å²) < 4.78 is 33.1. The summed E-state index contributed by atoms with van der Waals surface area (Å²) in [5.74, 6) is -0.0910. The predicted octanol–water partition coefficient (Wildman–Crippen LogP) is 6.34. The van der Waals surface area contributed by atoms with Gasteiger partial charge in [0.2, 0.25) is 6.41 Å². The van der Waals surface area contributed by atoms with Crippen molar-refractivity contribution in [1.29, 1.82) is 0 Å². The Kier molecular flexibility index (Phi) is 11.8. The van der Waals surface area contributed by atoms with E-state index in [0.29, 0.717) is 29.4 Å². The molecule has 0 bridgehead atoms. The third-order valence-corrected chi connectivity index (χ3v) is 7.90. The van der Waals surface area contributed by atoms with Crippen molar-refractivity contribution in [2.24, 2.45) is 7.05 Å². The zero-order valence-electron chi connectivity index (χ0n) is 24.8. The Labute approximate surface area is 268 Å². The average molecular weight is 650 g/mol. The number of hydrogen-bond acceptors (Lipinski definition) is 7. The molecule has 3 aromatic carbocycles. The van der Waals surface area contributed by atoms with Crippen LogP contribution in [0.4, 0.5) is 8.78 Å². The second-order valence-corrected chi connectivity index (χ2v) is 11.3. The molecule has 0 aliphatic rings. The van der Waals surface area contributed by atoms with Crippen LogP contribution in [-0.4, -0.2) is 45.0 Å². The van der Waals surface area contributed by atoms with Crippen molar-refractivity contribution in [2.45, 2.75) is 23.9 Å².